The van der Waals surface area contributed by atoms with Crippen LogP contribution in [0.3, 0.4) is 0 Å². The lowest BCUT2D eigenvalue weighted by Crippen LogP contribution is -2.42. The summed E-state index contributed by atoms with van der Waals surface area (Å²) in [5.74, 6) is -0.194. The fraction of sp³-hybridized carbons (Fsp3) is 0.710. The first kappa shape index (κ1) is 89.7. The summed E-state index contributed by atoms with van der Waals surface area (Å²) in [5.41, 5.74) is 60.3. The summed E-state index contributed by atoms with van der Waals surface area (Å²) in [6.07, 6.45) is 20.6. The van der Waals surface area contributed by atoms with Gasteiger partial charge in [-0.15, -0.1) is 0 Å². The molecule has 1 aromatic heterocycles. The Balaban J connectivity index is 2.24. The number of aliphatic imine (C=N–C) groups is 1. The van der Waals surface area contributed by atoms with Crippen molar-refractivity contribution < 1.29 is 28.7 Å². The van der Waals surface area contributed by atoms with Gasteiger partial charge in [0, 0.05) is 65.0 Å². The van der Waals surface area contributed by atoms with Crippen LogP contribution in [0.4, 0.5) is 5.82 Å². The minimum atomic E-state index is -0.653. The van der Waals surface area contributed by atoms with Gasteiger partial charge in [-0.2, -0.15) is 0 Å². The second-order valence-corrected chi connectivity index (χ2v) is 26.6. The number of rotatable bonds is 62. The van der Waals surface area contributed by atoms with Crippen LogP contribution in [0.25, 0.3) is 0 Å². The van der Waals surface area contributed by atoms with Gasteiger partial charge in [-0.3, -0.25) is 60.8 Å². The lowest BCUT2D eigenvalue weighted by molar-refractivity contribution is -0.123. The summed E-state index contributed by atoms with van der Waals surface area (Å²) in [6, 6.07) is 5.53. The predicted molar refractivity (Wildman–Crippen MR) is 406 cm³/mol. The Bertz CT molecular complexity index is 2560. The number of hydrogen-bond donors (Lipinski definition) is 19. The number of aromatic nitrogens is 2. The molecule has 0 aliphatic heterocycles. The largest absolute Gasteiger partial charge is 0.492 e. The van der Waals surface area contributed by atoms with Crippen LogP contribution in [-0.2, 0) is 25.6 Å². The molecule has 0 aliphatic carbocycles. The van der Waals surface area contributed by atoms with E-state index in [0.717, 1.165) is 147 Å². The fourth-order valence-corrected chi connectivity index (χ4v) is 11.3. The highest BCUT2D eigenvalue weighted by Crippen LogP contribution is 2.17. The number of amides is 5. The van der Waals surface area contributed by atoms with Gasteiger partial charge in [0.2, 0.25) is 23.6 Å². The smallest absolute Gasteiger partial charge is 0.280 e. The summed E-state index contributed by atoms with van der Waals surface area (Å²) in [6.45, 7) is 10.7. The van der Waals surface area contributed by atoms with Crippen LogP contribution in [0.1, 0.15) is 202 Å². The number of ether oxygens (including phenoxy) is 1. The standard InChI is InChI=1S/C69H128ClN25O6/c1-50-62(70)91-61(63(83)90-50)68(100)92-69(84)89-35-15-14-22-51-31-33-52(34-32-51)101-49-48-95(46-20-44-93(40-16-36-85-64(96)53(71)23-6-2-10-27-57(75)76)41-17-37-86-65(97)54(72)24-7-3-11-28-58(77)78)47-21-45-94(42-18-38-87-66(98)55(73)25-8-4-12-29-59(79)80)43-19-39-88-67(99)56(74)26-9-5-13-30-60(81)82/h31-34,53-56H,2-30,35-49,71-74H2,1H3,(H3,75,76)(H3,77,78)(H3,79,80)(H3,81,82)(H2,83,90)(H,85,96)(H,86,97)(H,87,98)(H,88,99)(H3,84,89,92,100)/t53-,54-,55-,56-/m0/s1. The molecule has 32 heteroatoms. The van der Waals surface area contributed by atoms with Crippen molar-refractivity contribution in [2.24, 2.45) is 56.6 Å². The summed E-state index contributed by atoms with van der Waals surface area (Å²) in [4.78, 5) is 84.2. The molecule has 4 atom stereocenters. The Kier molecular flexibility index (Phi) is 49.1. The topological polar surface area (TPSA) is 558 Å². The zero-order valence-corrected chi connectivity index (χ0v) is 61.3. The van der Waals surface area contributed by atoms with Crippen LogP contribution in [0.5, 0.6) is 5.75 Å². The fourth-order valence-electron chi connectivity index (χ4n) is 11.2. The zero-order valence-electron chi connectivity index (χ0n) is 60.5. The van der Waals surface area contributed by atoms with E-state index in [9.17, 15) is 24.0 Å². The lowest BCUT2D eigenvalue weighted by Gasteiger charge is -2.28. The van der Waals surface area contributed by atoms with Crippen LogP contribution in [0.15, 0.2) is 29.3 Å². The van der Waals surface area contributed by atoms with Gasteiger partial charge in [-0.05, 0) is 186 Å². The molecule has 2 aromatic rings. The van der Waals surface area contributed by atoms with Crippen LogP contribution >= 0.6 is 11.6 Å². The molecule has 0 saturated heterocycles. The second kappa shape index (κ2) is 55.2. The van der Waals surface area contributed by atoms with E-state index in [2.05, 4.69) is 56.2 Å². The van der Waals surface area contributed by atoms with Crippen molar-refractivity contribution >= 4 is 76.3 Å². The molecule has 2 rings (SSSR count). The first-order chi connectivity index (χ1) is 48.3. The molecule has 31 nitrogen and oxygen atoms in total. The molecule has 1 heterocycles. The zero-order chi connectivity index (χ0) is 74.6. The van der Waals surface area contributed by atoms with E-state index in [1.165, 1.54) is 0 Å². The van der Waals surface area contributed by atoms with Crippen molar-refractivity contribution in [1.29, 1.82) is 21.6 Å². The number of aryl methyl sites for hydroxylation is 2. The number of carbonyl (C=O) groups excluding carboxylic acids is 5. The van der Waals surface area contributed by atoms with E-state index in [4.69, 9.17) is 95.3 Å². The molecule has 1 aromatic carbocycles. The number of nitrogen functional groups attached to an aromatic ring is 1. The van der Waals surface area contributed by atoms with Gasteiger partial charge in [0.05, 0.1) is 53.2 Å². The van der Waals surface area contributed by atoms with Crippen molar-refractivity contribution in [3.8, 4) is 5.75 Å². The van der Waals surface area contributed by atoms with Crippen molar-refractivity contribution in [2.75, 3.05) is 104 Å². The monoisotopic (exact) mass is 1440 g/mol. The van der Waals surface area contributed by atoms with Gasteiger partial charge < -0.3 is 93.1 Å². The number of carbonyl (C=O) groups is 5. The van der Waals surface area contributed by atoms with Crippen molar-refractivity contribution in [3.63, 3.8) is 0 Å². The highest BCUT2D eigenvalue weighted by atomic mass is 35.5. The van der Waals surface area contributed by atoms with E-state index in [1.807, 2.05) is 24.3 Å². The summed E-state index contributed by atoms with van der Waals surface area (Å²) in [5, 5.41) is 44.5. The number of benzene rings is 1. The molecule has 0 radical (unpaired) electrons. The SMILES string of the molecule is Cc1nc(N)c(C(=O)NC(N)=NCCCCc2ccc(OCCN(CCCN(CCCNC(=O)[C@@H](N)CCCCCC(=N)N)CCCNC(=O)[C@@H](N)CCCCCC(=N)N)CCCN(CCCNC(=O)[C@@H](N)CCCCCC(=N)N)CCCNC(=O)[C@@H](N)CCCCCC(=N)N)cc2)nc1Cl. The van der Waals surface area contributed by atoms with E-state index >= 15 is 0 Å². The third-order valence-corrected chi connectivity index (χ3v) is 17.5. The molecule has 29 N–H and O–H groups in total. The Morgan fingerprint density at radius 1 is 0.475 bits per heavy atom. The maximum atomic E-state index is 13.0. The predicted octanol–water partition coefficient (Wildman–Crippen LogP) is 3.03. The lowest BCUT2D eigenvalue weighted by atomic mass is 10.1. The summed E-state index contributed by atoms with van der Waals surface area (Å²) < 4.78 is 6.39. The third-order valence-electron chi connectivity index (χ3n) is 17.1. The molecule has 5 amide bonds. The Morgan fingerprint density at radius 3 is 1.18 bits per heavy atom. The first-order valence-electron chi connectivity index (χ1n) is 36.6. The van der Waals surface area contributed by atoms with Gasteiger partial charge in [-0.1, -0.05) is 75.1 Å². The Morgan fingerprint density at radius 2 is 0.822 bits per heavy atom. The molecule has 0 unspecified atom stereocenters. The van der Waals surface area contributed by atoms with Crippen LogP contribution in [-0.4, -0.2) is 206 Å². The molecule has 101 heavy (non-hydrogen) atoms. The molecule has 572 valence electrons. The number of nitrogens with one attached hydrogen (secondary N) is 9. The maximum absolute atomic E-state index is 13.0. The normalized spacial score (nSPS) is 12.8. The number of guanidine groups is 1. The number of nitrogens with zero attached hydrogens (tertiary/aromatic N) is 6. The highest BCUT2D eigenvalue weighted by Gasteiger charge is 2.20. The minimum Gasteiger partial charge on any atom is -0.492 e. The van der Waals surface area contributed by atoms with Gasteiger partial charge in [-0.25, -0.2) is 9.97 Å². The molecular weight excluding hydrogens is 1310 g/mol. The average molecular weight is 1440 g/mol. The van der Waals surface area contributed by atoms with Crippen molar-refractivity contribution in [2.45, 2.75) is 217 Å². The number of amidine groups is 4. The Labute approximate surface area is 605 Å². The van der Waals surface area contributed by atoms with Gasteiger partial charge >= 0.3 is 0 Å². The van der Waals surface area contributed by atoms with Gasteiger partial charge in [0.1, 0.15) is 12.4 Å². The molecule has 0 aliphatic rings. The maximum Gasteiger partial charge on any atom is 0.280 e. The Hall–Kier alpha value is -7.39. The summed E-state index contributed by atoms with van der Waals surface area (Å²) in [7, 11) is 0. The van der Waals surface area contributed by atoms with Gasteiger partial charge in [0.25, 0.3) is 5.91 Å². The number of halogens is 1. The number of unbranched alkanes of at least 4 members (excludes halogenated alkanes) is 9. The van der Waals surface area contributed by atoms with Crippen LogP contribution < -0.4 is 88.7 Å². The van der Waals surface area contributed by atoms with E-state index in [0.29, 0.717) is 155 Å². The van der Waals surface area contributed by atoms with Crippen molar-refractivity contribution in [3.05, 3.63) is 46.4 Å². The van der Waals surface area contributed by atoms with E-state index in [-0.39, 0.29) is 69.6 Å². The minimum absolute atomic E-state index is 0.0628. The summed E-state index contributed by atoms with van der Waals surface area (Å²) >= 11 is 6.05. The molecular formula is C69H128ClN25O6. The number of nitrogens with two attached hydrogens (primary N) is 10. The third kappa shape index (κ3) is 46.0. The van der Waals surface area contributed by atoms with E-state index in [1.54, 1.807) is 6.92 Å². The van der Waals surface area contributed by atoms with E-state index < -0.39 is 30.1 Å². The molecule has 0 bridgehead atoms. The van der Waals surface area contributed by atoms with Gasteiger partial charge in [0.15, 0.2) is 22.6 Å². The van der Waals surface area contributed by atoms with Crippen molar-refractivity contribution in [1.82, 2.24) is 51.3 Å². The second-order valence-electron chi connectivity index (χ2n) is 26.2. The highest BCUT2D eigenvalue weighted by molar-refractivity contribution is 6.30. The molecule has 0 fully saturated rings. The quantitative estimate of drug-likeness (QED) is 0.0257. The van der Waals surface area contributed by atoms with Crippen LogP contribution in [0, 0.1) is 28.6 Å². The average Bonchev–Trinajstić information content (AvgIpc) is 0.839. The van der Waals surface area contributed by atoms with Crippen LogP contribution in [0.2, 0.25) is 5.15 Å². The molecule has 0 spiro atoms. The molecule has 0 saturated carbocycles. The number of anilines is 1. The first-order valence-corrected chi connectivity index (χ1v) is 37.0. The number of hydrogen-bond acceptors (Lipinski definition) is 21.